The number of carbonyl (C=O) groups is 4. The Morgan fingerprint density at radius 1 is 1.02 bits per heavy atom. The normalized spacial score (nSPS) is 25.7. The van der Waals surface area contributed by atoms with Crippen molar-refractivity contribution in [2.75, 3.05) is 12.0 Å². The maximum Gasteiger partial charge on any atom is 0.269 e. The third-order valence-electron chi connectivity index (χ3n) is 8.44. The Balaban J connectivity index is 1.47. The third-order valence-corrected chi connectivity index (χ3v) is 8.44. The van der Waals surface area contributed by atoms with Crippen molar-refractivity contribution in [1.82, 2.24) is 0 Å². The lowest BCUT2D eigenvalue weighted by Crippen LogP contribution is -2.39. The van der Waals surface area contributed by atoms with Crippen LogP contribution in [0.4, 0.5) is 11.4 Å². The molecule has 1 aliphatic heterocycles. The molecule has 3 aliphatic carbocycles. The number of fused-ring (bicyclic) bond motifs is 3. The van der Waals surface area contributed by atoms with Crippen molar-refractivity contribution in [3.63, 3.8) is 0 Å². The third kappa shape index (κ3) is 3.55. The van der Waals surface area contributed by atoms with E-state index in [1.54, 1.807) is 25.1 Å². The lowest BCUT2D eigenvalue weighted by atomic mass is 9.59. The number of methoxy groups -OCH3 is 1. The topological polar surface area (TPSA) is 144 Å². The van der Waals surface area contributed by atoms with Crippen LogP contribution in [0.3, 0.4) is 0 Å². The first-order valence-corrected chi connectivity index (χ1v) is 12.8. The number of nitrogens with zero attached hydrogens (tertiary/aromatic N) is 2. The monoisotopic (exact) mass is 540 g/mol. The summed E-state index contributed by atoms with van der Waals surface area (Å²) < 4.78 is 5.30. The van der Waals surface area contributed by atoms with Crippen LogP contribution in [0.1, 0.15) is 31.2 Å². The number of ether oxygens (including phenoxy) is 1. The molecule has 4 aliphatic rings. The molecule has 2 aromatic rings. The van der Waals surface area contributed by atoms with Gasteiger partial charge in [0.05, 0.1) is 29.6 Å². The van der Waals surface area contributed by atoms with E-state index in [0.29, 0.717) is 16.7 Å². The Labute approximate surface area is 228 Å². The van der Waals surface area contributed by atoms with Gasteiger partial charge in [-0.15, -0.1) is 0 Å². The molecule has 0 radical (unpaired) electrons. The number of non-ortho nitro benzene ring substituents is 1. The quantitative estimate of drug-likeness (QED) is 0.202. The first kappa shape index (κ1) is 25.4. The van der Waals surface area contributed by atoms with Crippen LogP contribution in [0.25, 0.3) is 0 Å². The van der Waals surface area contributed by atoms with Crippen LogP contribution < -0.4 is 9.64 Å². The Morgan fingerprint density at radius 3 is 2.42 bits per heavy atom. The Kier molecular flexibility index (Phi) is 5.79. The van der Waals surface area contributed by atoms with Gasteiger partial charge in [0, 0.05) is 40.3 Å². The molecular formula is C30H24N2O8. The highest BCUT2D eigenvalue weighted by atomic mass is 16.6. The number of Topliss-reactive ketones (excluding diaryl/α,β-unsaturated/α-hetero) is 1. The minimum atomic E-state index is -0.805. The molecular weight excluding hydrogens is 516 g/mol. The van der Waals surface area contributed by atoms with E-state index in [-0.39, 0.29) is 58.4 Å². The number of phenolic OH excluding ortho intramolecular Hbond substituents is 1. The Hall–Kier alpha value is -4.86. The van der Waals surface area contributed by atoms with Crippen LogP contribution in [0.2, 0.25) is 0 Å². The average molecular weight is 541 g/mol. The van der Waals surface area contributed by atoms with Gasteiger partial charge in [-0.25, -0.2) is 0 Å². The summed E-state index contributed by atoms with van der Waals surface area (Å²) in [4.78, 5) is 65.8. The molecule has 202 valence electrons. The molecule has 10 heteroatoms. The molecule has 40 heavy (non-hydrogen) atoms. The predicted octanol–water partition coefficient (Wildman–Crippen LogP) is 3.94. The highest BCUT2D eigenvalue weighted by molar-refractivity contribution is 6.25. The molecule has 1 heterocycles. The van der Waals surface area contributed by atoms with Gasteiger partial charge in [-0.2, -0.15) is 0 Å². The smallest absolute Gasteiger partial charge is 0.269 e. The Bertz CT molecular complexity index is 1630. The number of imide groups is 1. The van der Waals surface area contributed by atoms with E-state index < -0.39 is 40.4 Å². The molecule has 0 spiro atoms. The molecule has 0 aromatic heterocycles. The fourth-order valence-corrected chi connectivity index (χ4v) is 6.65. The molecule has 4 atom stereocenters. The summed E-state index contributed by atoms with van der Waals surface area (Å²) in [5, 5.41) is 22.2. The van der Waals surface area contributed by atoms with E-state index in [1.165, 1.54) is 37.5 Å². The number of rotatable bonds is 4. The molecule has 0 bridgehead atoms. The number of para-hydroxylation sites is 1. The largest absolute Gasteiger partial charge is 0.504 e. The number of benzene rings is 2. The minimum absolute atomic E-state index is 0.104. The SMILES string of the molecule is COc1cccc(C2C3=CCC4C(=O)N(c5ccc([N+](=O)[O-])cc5)C(=O)C4C3CC3=C2C(=O)C=C(C)C3=O)c1O. The molecule has 6 rings (SSSR count). The number of aromatic hydroxyl groups is 1. The van der Waals surface area contributed by atoms with Crippen molar-refractivity contribution >= 4 is 34.8 Å². The van der Waals surface area contributed by atoms with E-state index >= 15 is 0 Å². The number of carbonyl (C=O) groups excluding carboxylic acids is 4. The zero-order valence-electron chi connectivity index (χ0n) is 21.6. The molecule has 2 aromatic carbocycles. The number of hydrogen-bond acceptors (Lipinski definition) is 8. The van der Waals surface area contributed by atoms with Crippen molar-refractivity contribution in [1.29, 1.82) is 0 Å². The first-order chi connectivity index (χ1) is 19.1. The zero-order valence-corrected chi connectivity index (χ0v) is 21.6. The lowest BCUT2D eigenvalue weighted by molar-refractivity contribution is -0.384. The van der Waals surface area contributed by atoms with Gasteiger partial charge in [-0.3, -0.25) is 34.2 Å². The number of amides is 2. The number of phenols is 1. The second kappa shape index (κ2) is 9.11. The number of hydrogen-bond donors (Lipinski definition) is 1. The fourth-order valence-electron chi connectivity index (χ4n) is 6.65. The van der Waals surface area contributed by atoms with Gasteiger partial charge in [0.25, 0.3) is 5.69 Å². The van der Waals surface area contributed by atoms with Crippen molar-refractivity contribution in [3.8, 4) is 11.5 Å². The Morgan fingerprint density at radius 2 is 1.75 bits per heavy atom. The molecule has 0 saturated carbocycles. The number of nitro benzene ring substituents is 1. The van der Waals surface area contributed by atoms with Crippen LogP contribution >= 0.6 is 0 Å². The van der Waals surface area contributed by atoms with E-state index in [4.69, 9.17) is 4.74 Å². The summed E-state index contributed by atoms with van der Waals surface area (Å²) in [6.07, 6.45) is 3.49. The van der Waals surface area contributed by atoms with E-state index in [0.717, 1.165) is 4.90 Å². The van der Waals surface area contributed by atoms with Crippen LogP contribution in [0, 0.1) is 27.9 Å². The van der Waals surface area contributed by atoms with E-state index in [2.05, 4.69) is 0 Å². The summed E-state index contributed by atoms with van der Waals surface area (Å²) in [5.74, 6) is -4.34. The standard InChI is InChI=1S/C30H24N2O8/c1-14-12-22(33)26-21(27(14)34)13-20-17(24(26)18-4-3-5-23(40-2)28(18)35)10-11-19-25(20)30(37)31(29(19)36)15-6-8-16(9-7-15)32(38)39/h3-10,12,19-20,24-25,35H,11,13H2,1-2H3. The van der Waals surface area contributed by atoms with Crippen LogP contribution in [-0.4, -0.2) is 40.5 Å². The molecule has 4 unspecified atom stereocenters. The van der Waals surface area contributed by atoms with Gasteiger partial charge < -0.3 is 9.84 Å². The maximum atomic E-state index is 13.9. The maximum absolute atomic E-state index is 13.9. The minimum Gasteiger partial charge on any atom is -0.504 e. The van der Waals surface area contributed by atoms with Gasteiger partial charge >= 0.3 is 0 Å². The highest BCUT2D eigenvalue weighted by Gasteiger charge is 2.56. The molecule has 10 nitrogen and oxygen atoms in total. The highest BCUT2D eigenvalue weighted by Crippen LogP contribution is 2.57. The van der Waals surface area contributed by atoms with Crippen molar-refractivity contribution in [2.45, 2.75) is 25.7 Å². The molecule has 1 N–H and O–H groups in total. The number of nitro groups is 1. The average Bonchev–Trinajstić information content (AvgIpc) is 3.20. The van der Waals surface area contributed by atoms with Gasteiger partial charge in [-0.1, -0.05) is 23.8 Å². The fraction of sp³-hybridized carbons (Fsp3) is 0.267. The van der Waals surface area contributed by atoms with E-state index in [1.807, 2.05) is 6.08 Å². The second-order valence-corrected chi connectivity index (χ2v) is 10.4. The first-order valence-electron chi connectivity index (χ1n) is 12.8. The van der Waals surface area contributed by atoms with Crippen LogP contribution in [0.15, 0.2) is 76.9 Å². The van der Waals surface area contributed by atoms with Gasteiger partial charge in [-0.05, 0) is 50.0 Å². The van der Waals surface area contributed by atoms with Crippen molar-refractivity contribution < 1.29 is 33.9 Å². The summed E-state index contributed by atoms with van der Waals surface area (Å²) in [7, 11) is 1.41. The van der Waals surface area contributed by atoms with E-state index in [9.17, 15) is 34.4 Å². The van der Waals surface area contributed by atoms with Gasteiger partial charge in [0.2, 0.25) is 11.8 Å². The van der Waals surface area contributed by atoms with Gasteiger partial charge in [0.1, 0.15) is 0 Å². The summed E-state index contributed by atoms with van der Waals surface area (Å²) in [5.41, 5.74) is 1.98. The molecule has 2 amide bonds. The van der Waals surface area contributed by atoms with Crippen LogP contribution in [0.5, 0.6) is 11.5 Å². The van der Waals surface area contributed by atoms with Gasteiger partial charge in [0.15, 0.2) is 23.1 Å². The number of ketones is 2. The zero-order chi connectivity index (χ0) is 28.5. The molecule has 1 saturated heterocycles. The lowest BCUT2D eigenvalue weighted by Gasteiger charge is -2.42. The second-order valence-electron chi connectivity index (χ2n) is 10.4. The van der Waals surface area contributed by atoms with Crippen LogP contribution in [-0.2, 0) is 19.2 Å². The number of anilines is 1. The predicted molar refractivity (Wildman–Crippen MR) is 142 cm³/mol. The van der Waals surface area contributed by atoms with Crippen molar-refractivity contribution in [2.24, 2.45) is 17.8 Å². The summed E-state index contributed by atoms with van der Waals surface area (Å²) in [6.45, 7) is 1.57. The van der Waals surface area contributed by atoms with Crippen molar-refractivity contribution in [3.05, 3.63) is 92.6 Å². The summed E-state index contributed by atoms with van der Waals surface area (Å²) >= 11 is 0. The molecule has 1 fully saturated rings. The number of allylic oxidation sites excluding steroid dienone is 6. The summed E-state index contributed by atoms with van der Waals surface area (Å²) in [6, 6.07) is 10.1.